The third-order valence-electron chi connectivity index (χ3n) is 3.10. The van der Waals surface area contributed by atoms with Crippen LogP contribution >= 0.6 is 11.3 Å². The number of methoxy groups -OCH3 is 1. The van der Waals surface area contributed by atoms with E-state index in [4.69, 9.17) is 9.47 Å². The first-order chi connectivity index (χ1) is 12.0. The van der Waals surface area contributed by atoms with Crippen molar-refractivity contribution in [2.45, 2.75) is 19.8 Å². The minimum absolute atomic E-state index is 0.0613. The molecule has 0 fully saturated rings. The normalized spacial score (nSPS) is 10.2. The van der Waals surface area contributed by atoms with Crippen LogP contribution in [-0.4, -0.2) is 41.6 Å². The first-order valence-electron chi connectivity index (χ1n) is 7.41. The molecule has 1 aromatic heterocycles. The van der Waals surface area contributed by atoms with Gasteiger partial charge in [-0.1, -0.05) is 11.3 Å². The highest BCUT2D eigenvalue weighted by Gasteiger charge is 2.13. The fourth-order valence-corrected chi connectivity index (χ4v) is 2.43. The van der Waals surface area contributed by atoms with E-state index in [2.05, 4.69) is 15.5 Å². The average molecular weight is 363 g/mol. The van der Waals surface area contributed by atoms with Crippen LogP contribution in [0, 0.1) is 6.92 Å². The van der Waals surface area contributed by atoms with E-state index in [1.54, 1.807) is 31.2 Å². The lowest BCUT2D eigenvalue weighted by Gasteiger charge is -2.05. The second-order valence-corrected chi connectivity index (χ2v) is 6.17. The molecule has 0 spiro atoms. The molecular formula is C16H17N3O5S. The summed E-state index contributed by atoms with van der Waals surface area (Å²) in [6.07, 6.45) is -0.187. The van der Waals surface area contributed by atoms with Crippen molar-refractivity contribution in [1.29, 1.82) is 0 Å². The number of esters is 1. The van der Waals surface area contributed by atoms with Gasteiger partial charge in [-0.3, -0.25) is 14.4 Å². The van der Waals surface area contributed by atoms with Gasteiger partial charge in [0.15, 0.2) is 12.4 Å². The van der Waals surface area contributed by atoms with E-state index in [9.17, 15) is 14.4 Å². The molecule has 9 heteroatoms. The molecule has 0 saturated carbocycles. The van der Waals surface area contributed by atoms with E-state index in [1.807, 2.05) is 0 Å². The first-order valence-corrected chi connectivity index (χ1v) is 8.22. The molecule has 0 saturated heterocycles. The van der Waals surface area contributed by atoms with Gasteiger partial charge in [0, 0.05) is 12.0 Å². The van der Waals surface area contributed by atoms with E-state index >= 15 is 0 Å². The number of rotatable bonds is 8. The van der Waals surface area contributed by atoms with Crippen LogP contribution in [-0.2, 0) is 14.3 Å². The molecule has 1 heterocycles. The Morgan fingerprint density at radius 3 is 2.44 bits per heavy atom. The second kappa shape index (κ2) is 8.88. The second-order valence-electron chi connectivity index (χ2n) is 4.99. The van der Waals surface area contributed by atoms with Crippen molar-refractivity contribution in [3.63, 3.8) is 0 Å². The SMILES string of the molecule is COc1ccc(C(=O)COC(=O)CCC(=O)Nc2nnc(C)s2)cc1. The van der Waals surface area contributed by atoms with Gasteiger partial charge in [0.05, 0.1) is 13.5 Å². The molecule has 0 atom stereocenters. The molecule has 8 nitrogen and oxygen atoms in total. The third kappa shape index (κ3) is 5.96. The van der Waals surface area contributed by atoms with Crippen molar-refractivity contribution in [1.82, 2.24) is 10.2 Å². The minimum atomic E-state index is -0.620. The van der Waals surface area contributed by atoms with Gasteiger partial charge in [-0.05, 0) is 31.2 Å². The van der Waals surface area contributed by atoms with Crippen LogP contribution < -0.4 is 10.1 Å². The maximum absolute atomic E-state index is 11.9. The molecule has 2 aromatic rings. The molecule has 0 aliphatic heterocycles. The van der Waals surface area contributed by atoms with Crippen LogP contribution in [0.1, 0.15) is 28.2 Å². The smallest absolute Gasteiger partial charge is 0.306 e. The topological polar surface area (TPSA) is 107 Å². The molecule has 132 valence electrons. The number of hydrogen-bond acceptors (Lipinski definition) is 8. The summed E-state index contributed by atoms with van der Waals surface area (Å²) in [5, 5.41) is 11.2. The van der Waals surface area contributed by atoms with Crippen LogP contribution in [0.2, 0.25) is 0 Å². The highest BCUT2D eigenvalue weighted by atomic mass is 32.1. The summed E-state index contributed by atoms with van der Waals surface area (Å²) in [7, 11) is 1.53. The Labute approximate surface area is 148 Å². The molecular weight excluding hydrogens is 346 g/mol. The van der Waals surface area contributed by atoms with Crippen LogP contribution in [0.4, 0.5) is 5.13 Å². The van der Waals surface area contributed by atoms with Gasteiger partial charge < -0.3 is 14.8 Å². The predicted molar refractivity (Wildman–Crippen MR) is 90.8 cm³/mol. The molecule has 1 aromatic carbocycles. The van der Waals surface area contributed by atoms with E-state index in [0.717, 1.165) is 5.01 Å². The molecule has 2 rings (SSSR count). The molecule has 25 heavy (non-hydrogen) atoms. The Morgan fingerprint density at radius 1 is 1.12 bits per heavy atom. The standard InChI is InChI=1S/C16H17N3O5S/c1-10-18-19-16(25-10)17-14(21)7-8-15(22)24-9-13(20)11-3-5-12(23-2)6-4-11/h3-6H,7-9H2,1-2H3,(H,17,19,21). The number of anilines is 1. The largest absolute Gasteiger partial charge is 0.497 e. The first kappa shape index (κ1) is 18.5. The fourth-order valence-electron chi connectivity index (χ4n) is 1.82. The van der Waals surface area contributed by atoms with Gasteiger partial charge in [0.1, 0.15) is 10.8 Å². The number of benzene rings is 1. The van der Waals surface area contributed by atoms with Crippen molar-refractivity contribution in [2.75, 3.05) is 19.0 Å². The lowest BCUT2D eigenvalue weighted by atomic mass is 10.1. The highest BCUT2D eigenvalue weighted by Crippen LogP contribution is 2.14. The number of hydrogen-bond donors (Lipinski definition) is 1. The Bertz CT molecular complexity index is 757. The number of Topliss-reactive ketones (excluding diaryl/α,β-unsaturated/α-hetero) is 1. The molecule has 1 N–H and O–H groups in total. The summed E-state index contributed by atoms with van der Waals surface area (Å²) in [5.74, 6) is -0.685. The van der Waals surface area contributed by atoms with Crippen molar-refractivity contribution in [3.05, 3.63) is 34.8 Å². The maximum Gasteiger partial charge on any atom is 0.306 e. The zero-order valence-corrected chi connectivity index (χ0v) is 14.6. The number of aromatic nitrogens is 2. The van der Waals surface area contributed by atoms with Crippen LogP contribution in [0.15, 0.2) is 24.3 Å². The third-order valence-corrected chi connectivity index (χ3v) is 3.86. The number of carbonyl (C=O) groups excluding carboxylic acids is 3. The molecule has 0 bridgehead atoms. The lowest BCUT2D eigenvalue weighted by Crippen LogP contribution is -2.17. The average Bonchev–Trinajstić information content (AvgIpc) is 3.02. The van der Waals surface area contributed by atoms with Gasteiger partial charge in [-0.25, -0.2) is 0 Å². The van der Waals surface area contributed by atoms with E-state index < -0.39 is 5.97 Å². The van der Waals surface area contributed by atoms with Crippen molar-refractivity contribution >= 4 is 34.1 Å². The van der Waals surface area contributed by atoms with Crippen molar-refractivity contribution in [2.24, 2.45) is 0 Å². The quantitative estimate of drug-likeness (QED) is 0.564. The van der Waals surface area contributed by atoms with Crippen LogP contribution in [0.5, 0.6) is 5.75 Å². The Balaban J connectivity index is 1.70. The van der Waals surface area contributed by atoms with Gasteiger partial charge in [-0.15, -0.1) is 10.2 Å². The van der Waals surface area contributed by atoms with E-state index in [-0.39, 0.29) is 31.1 Å². The minimum Gasteiger partial charge on any atom is -0.497 e. The summed E-state index contributed by atoms with van der Waals surface area (Å²) in [5.41, 5.74) is 0.415. The van der Waals surface area contributed by atoms with Crippen LogP contribution in [0.25, 0.3) is 0 Å². The Kier molecular flexibility index (Phi) is 6.58. The number of carbonyl (C=O) groups is 3. The summed E-state index contributed by atoms with van der Waals surface area (Å²) < 4.78 is 9.90. The predicted octanol–water partition coefficient (Wildman–Crippen LogP) is 2.00. The van der Waals surface area contributed by atoms with E-state index in [1.165, 1.54) is 18.4 Å². The zero-order valence-electron chi connectivity index (χ0n) is 13.8. The zero-order chi connectivity index (χ0) is 18.2. The van der Waals surface area contributed by atoms with Crippen LogP contribution in [0.3, 0.4) is 0 Å². The lowest BCUT2D eigenvalue weighted by molar-refractivity contribution is -0.143. The summed E-state index contributed by atoms with van der Waals surface area (Å²) in [4.78, 5) is 35.2. The molecule has 0 unspecified atom stereocenters. The summed E-state index contributed by atoms with van der Waals surface area (Å²) >= 11 is 1.24. The number of aryl methyl sites for hydroxylation is 1. The number of ether oxygens (including phenoxy) is 2. The van der Waals surface area contributed by atoms with Gasteiger partial charge in [0.25, 0.3) is 0 Å². The summed E-state index contributed by atoms with van der Waals surface area (Å²) in [6.45, 7) is 1.40. The fraction of sp³-hybridized carbons (Fsp3) is 0.312. The number of nitrogens with one attached hydrogen (secondary N) is 1. The number of ketones is 1. The monoisotopic (exact) mass is 363 g/mol. The Hall–Kier alpha value is -2.81. The summed E-state index contributed by atoms with van der Waals surface area (Å²) in [6, 6.07) is 6.47. The van der Waals surface area contributed by atoms with Crippen molar-refractivity contribution in [3.8, 4) is 5.75 Å². The molecule has 0 aliphatic carbocycles. The van der Waals surface area contributed by atoms with Gasteiger partial charge >= 0.3 is 5.97 Å². The van der Waals surface area contributed by atoms with Gasteiger partial charge in [0.2, 0.25) is 11.0 Å². The molecule has 1 amide bonds. The maximum atomic E-state index is 11.9. The van der Waals surface area contributed by atoms with E-state index in [0.29, 0.717) is 16.4 Å². The number of amides is 1. The highest BCUT2D eigenvalue weighted by molar-refractivity contribution is 7.15. The Morgan fingerprint density at radius 2 is 1.84 bits per heavy atom. The van der Waals surface area contributed by atoms with Crippen molar-refractivity contribution < 1.29 is 23.9 Å². The number of nitrogens with zero attached hydrogens (tertiary/aromatic N) is 2. The molecule has 0 aliphatic rings. The molecule has 0 radical (unpaired) electrons. The van der Waals surface area contributed by atoms with Gasteiger partial charge in [-0.2, -0.15) is 0 Å².